The molecule has 210 valence electrons. The van der Waals surface area contributed by atoms with Gasteiger partial charge in [0.1, 0.15) is 0 Å². The zero-order valence-electron chi connectivity index (χ0n) is 25.8. The topological polar surface area (TPSA) is 9.72 Å². The van der Waals surface area contributed by atoms with Crippen molar-refractivity contribution >= 4 is 18.1 Å². The van der Waals surface area contributed by atoms with E-state index in [1.165, 1.54) is 128 Å². The molecule has 0 amide bonds. The van der Waals surface area contributed by atoms with E-state index in [0.29, 0.717) is 0 Å². The Kier molecular flexibility index (Phi) is 23.2. The lowest BCUT2D eigenvalue weighted by atomic mass is 10.3. The van der Waals surface area contributed by atoms with Crippen molar-refractivity contribution in [3.05, 3.63) is 11.3 Å². The molecule has 0 aliphatic rings. The van der Waals surface area contributed by atoms with E-state index in [1.54, 1.807) is 5.20 Å². The first-order chi connectivity index (χ1) is 17.0. The number of rotatable bonds is 25. The van der Waals surface area contributed by atoms with Crippen molar-refractivity contribution in [3.8, 4) is 0 Å². The first-order valence-corrected chi connectivity index (χ1v) is 19.6. The van der Waals surface area contributed by atoms with Gasteiger partial charge in [-0.25, -0.2) is 0 Å². The van der Waals surface area contributed by atoms with Crippen LogP contribution in [0.1, 0.15) is 132 Å². The van der Waals surface area contributed by atoms with Crippen molar-refractivity contribution in [2.45, 2.75) is 145 Å². The molecule has 0 bridgehead atoms. The highest BCUT2D eigenvalue weighted by Gasteiger charge is 2.49. The molecular weight excluding hydrogens is 459 g/mol. The summed E-state index contributed by atoms with van der Waals surface area (Å²) in [6, 6.07) is 2.96. The molecule has 0 radical (unpaired) electrons. The second-order valence-corrected chi connectivity index (χ2v) is 17.1. The Hall–Kier alpha value is 0.0538. The van der Waals surface area contributed by atoms with E-state index < -0.39 is 8.56 Å². The number of unbranched alkanes of at least 4 members (excludes halogenated alkanes) is 6. The lowest BCUT2D eigenvalue weighted by Gasteiger charge is -2.55. The molecule has 0 unspecified atom stereocenters. The van der Waals surface area contributed by atoms with Crippen LogP contribution in [0.2, 0.25) is 12.1 Å². The summed E-state index contributed by atoms with van der Waals surface area (Å²) in [7, 11) is -2.12. The van der Waals surface area contributed by atoms with E-state index in [1.807, 2.05) is 0 Å². The molecule has 0 saturated carbocycles. The third-order valence-corrected chi connectivity index (χ3v) is 15.8. The predicted octanol–water partition coefficient (Wildman–Crippen LogP) is 8.14. The monoisotopic (exact) mass is 525 g/mol. The minimum Gasteiger partial charge on any atom is -0.299 e. The van der Waals surface area contributed by atoms with Gasteiger partial charge in [0.05, 0.1) is 0 Å². The van der Waals surface area contributed by atoms with Gasteiger partial charge in [-0.3, -0.25) is 13.7 Å². The van der Waals surface area contributed by atoms with Crippen LogP contribution in [0.3, 0.4) is 0 Å². The van der Waals surface area contributed by atoms with Gasteiger partial charge >= 0.3 is 0 Å². The summed E-state index contributed by atoms with van der Waals surface area (Å²) in [5.74, 6) is 0. The van der Waals surface area contributed by atoms with Crippen molar-refractivity contribution < 1.29 is 0 Å². The average Bonchev–Trinajstić information content (AvgIpc) is 2.87. The highest BCUT2D eigenvalue weighted by molar-refractivity contribution is 6.73. The summed E-state index contributed by atoms with van der Waals surface area (Å²) in [4.78, 5) is 0. The van der Waals surface area contributed by atoms with Crippen LogP contribution in [0.25, 0.3) is 0 Å². The van der Waals surface area contributed by atoms with Crippen LogP contribution in [0.5, 0.6) is 0 Å². The van der Waals surface area contributed by atoms with Gasteiger partial charge in [-0.2, -0.15) is 0 Å². The number of hydrogen-bond acceptors (Lipinski definition) is 3. The Morgan fingerprint density at radius 2 is 0.857 bits per heavy atom. The number of hydrogen-bond donors (Lipinski definition) is 0. The van der Waals surface area contributed by atoms with Crippen molar-refractivity contribution in [1.82, 2.24) is 13.7 Å². The maximum Gasteiger partial charge on any atom is 0.289 e. The summed E-state index contributed by atoms with van der Waals surface area (Å²) in [5.41, 5.74) is 0. The minimum atomic E-state index is -1.98. The molecule has 0 heterocycles. The van der Waals surface area contributed by atoms with Gasteiger partial charge in [-0.15, -0.1) is 0 Å². The van der Waals surface area contributed by atoms with E-state index in [-0.39, 0.29) is 9.52 Å². The van der Waals surface area contributed by atoms with E-state index in [2.05, 4.69) is 75.2 Å². The highest BCUT2D eigenvalue weighted by atomic mass is 28.4. The first kappa shape index (κ1) is 35.1. The molecule has 0 aromatic carbocycles. The van der Waals surface area contributed by atoms with E-state index >= 15 is 0 Å². The molecule has 0 N–H and O–H groups in total. The molecule has 0 atom stereocenters. The smallest absolute Gasteiger partial charge is 0.289 e. The molecule has 0 aromatic heterocycles. The fourth-order valence-corrected chi connectivity index (χ4v) is 14.0. The fraction of sp³-hybridized carbons (Fsp3) is 0.933. The Balaban J connectivity index is 6.73. The van der Waals surface area contributed by atoms with Crippen LogP contribution < -0.4 is 0 Å². The minimum absolute atomic E-state index is 0.139. The van der Waals surface area contributed by atoms with E-state index in [4.69, 9.17) is 0 Å². The Morgan fingerprint density at radius 3 is 1.09 bits per heavy atom. The summed E-state index contributed by atoms with van der Waals surface area (Å²) < 4.78 is 9.45. The summed E-state index contributed by atoms with van der Waals surface area (Å²) >= 11 is 0. The van der Waals surface area contributed by atoms with Crippen LogP contribution in [0.15, 0.2) is 11.3 Å². The van der Waals surface area contributed by atoms with Gasteiger partial charge < -0.3 is 0 Å². The summed E-state index contributed by atoms with van der Waals surface area (Å²) in [5, 5.41) is 1.71. The Bertz CT molecular complexity index is 424. The van der Waals surface area contributed by atoms with Crippen LogP contribution >= 0.6 is 0 Å². The summed E-state index contributed by atoms with van der Waals surface area (Å²) in [6.45, 7) is 26.9. The molecule has 0 aliphatic heterocycles. The first-order valence-electron chi connectivity index (χ1n) is 15.9. The second kappa shape index (κ2) is 23.2. The van der Waals surface area contributed by atoms with Crippen LogP contribution in [-0.4, -0.2) is 71.0 Å². The van der Waals surface area contributed by atoms with Crippen molar-refractivity contribution in [2.75, 3.05) is 39.3 Å². The van der Waals surface area contributed by atoms with Gasteiger partial charge in [-0.1, -0.05) is 97.4 Å². The zero-order chi connectivity index (χ0) is 26.4. The third-order valence-electron chi connectivity index (χ3n) is 7.78. The molecule has 0 fully saturated rings. The quantitative estimate of drug-likeness (QED) is 0.111. The largest absolute Gasteiger partial charge is 0.299 e. The van der Waals surface area contributed by atoms with Gasteiger partial charge in [0.25, 0.3) is 8.56 Å². The predicted molar refractivity (Wildman–Crippen MR) is 168 cm³/mol. The SMILES string of the molecule is CC=C(C)[SiH2]CC[Si](N(CCCC)CCCC)(N(CCCC)CCCC)N(CCCC)CCCC. The van der Waals surface area contributed by atoms with Crippen molar-refractivity contribution in [3.63, 3.8) is 0 Å². The van der Waals surface area contributed by atoms with E-state index in [9.17, 15) is 0 Å². The van der Waals surface area contributed by atoms with Gasteiger partial charge in [0.15, 0.2) is 0 Å². The number of allylic oxidation sites excluding steroid dienone is 2. The second-order valence-electron chi connectivity index (χ2n) is 10.8. The lowest BCUT2D eigenvalue weighted by molar-refractivity contribution is 0.223. The van der Waals surface area contributed by atoms with Crippen molar-refractivity contribution in [1.29, 1.82) is 0 Å². The molecular formula is C30H67N3Si2. The third kappa shape index (κ3) is 13.4. The molecule has 3 nitrogen and oxygen atoms in total. The van der Waals surface area contributed by atoms with Crippen LogP contribution in [0.4, 0.5) is 0 Å². The molecule has 5 heteroatoms. The van der Waals surface area contributed by atoms with Gasteiger partial charge in [0.2, 0.25) is 0 Å². The normalized spacial score (nSPS) is 13.4. The Labute approximate surface area is 226 Å². The molecule has 0 aromatic rings. The van der Waals surface area contributed by atoms with Gasteiger partial charge in [-0.05, 0) is 97.7 Å². The van der Waals surface area contributed by atoms with E-state index in [0.717, 1.165) is 0 Å². The molecule has 0 rings (SSSR count). The summed E-state index contributed by atoms with van der Waals surface area (Å²) in [6.07, 6.45) is 18.4. The standard InChI is InChI=1S/C30H67N3Si2/c1-9-16-22-31(23-17-10-2)35(29-28-34-30(8)15-7,32(24-18-11-3)25-19-12-4)33(26-20-13-5)27-21-14-6/h15H,9-14,16-29,34H2,1-8H3. The van der Waals surface area contributed by atoms with Crippen LogP contribution in [-0.2, 0) is 0 Å². The Morgan fingerprint density at radius 1 is 0.571 bits per heavy atom. The average molecular weight is 526 g/mol. The maximum absolute atomic E-state index is 3.15. The molecule has 35 heavy (non-hydrogen) atoms. The molecule has 0 spiro atoms. The van der Waals surface area contributed by atoms with Crippen LogP contribution in [0, 0.1) is 0 Å². The van der Waals surface area contributed by atoms with Crippen molar-refractivity contribution in [2.24, 2.45) is 0 Å². The fourth-order valence-electron chi connectivity index (χ4n) is 5.33. The highest BCUT2D eigenvalue weighted by Crippen LogP contribution is 2.31. The molecule has 0 saturated heterocycles. The number of nitrogens with zero attached hydrogens (tertiary/aromatic N) is 3. The molecule has 0 aliphatic carbocycles. The zero-order valence-corrected chi connectivity index (χ0v) is 28.2. The lowest BCUT2D eigenvalue weighted by Crippen LogP contribution is -2.76. The van der Waals surface area contributed by atoms with Gasteiger partial charge in [0, 0.05) is 9.52 Å². The maximum atomic E-state index is 3.15.